The molecule has 0 radical (unpaired) electrons. The predicted octanol–water partition coefficient (Wildman–Crippen LogP) is 6.45. The average Bonchev–Trinajstić information content (AvgIpc) is 3.34. The van der Waals surface area contributed by atoms with Crippen LogP contribution in [0, 0.1) is 12.7 Å². The molecule has 1 unspecified atom stereocenters. The Hall–Kier alpha value is -4.26. The summed E-state index contributed by atoms with van der Waals surface area (Å²) < 4.78 is 19.7. The van der Waals surface area contributed by atoms with Gasteiger partial charge in [0.1, 0.15) is 5.82 Å². The predicted molar refractivity (Wildman–Crippen MR) is 133 cm³/mol. The number of hydrogen-bond acceptors (Lipinski definition) is 4. The fourth-order valence-electron chi connectivity index (χ4n) is 4.29. The van der Waals surface area contributed by atoms with Gasteiger partial charge in [-0.2, -0.15) is 4.98 Å². The fraction of sp³-hybridized carbons (Fsp3) is 0.179. The van der Waals surface area contributed by atoms with E-state index in [-0.39, 0.29) is 6.03 Å². The standard InChI is InChI=1S/C28H25FN4O2/c1-4-19-10-14-21(15-11-19)26-31-27(35-32-26)24-18(3)33(23-7-5-6-22(29)16-23)28(34)30-25(24)20-12-8-17(2)9-13-20/h5-16,25H,4H2,1-3H3,(H,30,34). The fourth-order valence-corrected chi connectivity index (χ4v) is 4.29. The number of anilines is 1. The largest absolute Gasteiger partial charge is 0.334 e. The lowest BCUT2D eigenvalue weighted by atomic mass is 9.94. The van der Waals surface area contributed by atoms with Gasteiger partial charge in [-0.05, 0) is 49.6 Å². The highest BCUT2D eigenvalue weighted by molar-refractivity contribution is 6.01. The minimum atomic E-state index is -0.510. The first-order chi connectivity index (χ1) is 16.9. The molecule has 1 atom stereocenters. The van der Waals surface area contributed by atoms with Gasteiger partial charge in [0.25, 0.3) is 5.89 Å². The summed E-state index contributed by atoms with van der Waals surface area (Å²) in [6.07, 6.45) is 0.942. The summed E-state index contributed by atoms with van der Waals surface area (Å²) in [5.41, 5.74) is 5.69. The molecule has 0 saturated carbocycles. The highest BCUT2D eigenvalue weighted by atomic mass is 19.1. The van der Waals surface area contributed by atoms with Crippen LogP contribution in [0.3, 0.4) is 0 Å². The normalized spacial score (nSPS) is 15.9. The maximum atomic E-state index is 14.0. The molecule has 0 fully saturated rings. The minimum absolute atomic E-state index is 0.295. The van der Waals surface area contributed by atoms with Crippen LogP contribution in [0.5, 0.6) is 0 Å². The van der Waals surface area contributed by atoms with Crippen molar-refractivity contribution in [3.05, 3.63) is 107 Å². The lowest BCUT2D eigenvalue weighted by Gasteiger charge is -2.35. The number of aromatic nitrogens is 2. The van der Waals surface area contributed by atoms with Crippen LogP contribution < -0.4 is 10.2 Å². The number of carbonyl (C=O) groups is 1. The van der Waals surface area contributed by atoms with Gasteiger partial charge in [0.05, 0.1) is 17.3 Å². The van der Waals surface area contributed by atoms with Crippen molar-refractivity contribution in [1.82, 2.24) is 15.5 Å². The van der Waals surface area contributed by atoms with Crippen LogP contribution >= 0.6 is 0 Å². The Labute approximate surface area is 203 Å². The molecule has 2 amide bonds. The Morgan fingerprint density at radius 2 is 1.77 bits per heavy atom. The molecule has 4 aromatic rings. The molecule has 1 aliphatic heterocycles. The Balaban J connectivity index is 1.63. The van der Waals surface area contributed by atoms with Crippen molar-refractivity contribution in [2.75, 3.05) is 4.90 Å². The summed E-state index contributed by atoms with van der Waals surface area (Å²) in [5, 5.41) is 7.26. The lowest BCUT2D eigenvalue weighted by molar-refractivity contribution is 0.244. The van der Waals surface area contributed by atoms with E-state index in [0.29, 0.717) is 28.7 Å². The number of rotatable bonds is 5. The molecule has 5 rings (SSSR count). The number of amides is 2. The van der Waals surface area contributed by atoms with E-state index >= 15 is 0 Å². The second-order valence-electron chi connectivity index (χ2n) is 8.58. The van der Waals surface area contributed by atoms with Crippen molar-refractivity contribution >= 4 is 17.3 Å². The van der Waals surface area contributed by atoms with Crippen LogP contribution in [0.2, 0.25) is 0 Å². The Morgan fingerprint density at radius 3 is 2.46 bits per heavy atom. The van der Waals surface area contributed by atoms with Gasteiger partial charge in [-0.3, -0.25) is 4.90 Å². The number of urea groups is 1. The third-order valence-electron chi connectivity index (χ3n) is 6.24. The van der Waals surface area contributed by atoms with Crippen LogP contribution in [0.4, 0.5) is 14.9 Å². The molecular formula is C28H25FN4O2. The first kappa shape index (κ1) is 22.5. The number of aryl methyl sites for hydroxylation is 2. The zero-order valence-corrected chi connectivity index (χ0v) is 19.7. The first-order valence-electron chi connectivity index (χ1n) is 11.5. The van der Waals surface area contributed by atoms with Gasteiger partial charge < -0.3 is 9.84 Å². The van der Waals surface area contributed by atoms with Gasteiger partial charge in [0.15, 0.2) is 0 Å². The molecule has 1 aliphatic rings. The van der Waals surface area contributed by atoms with Crippen molar-refractivity contribution in [1.29, 1.82) is 0 Å². The van der Waals surface area contributed by atoms with Crippen LogP contribution in [0.25, 0.3) is 17.0 Å². The maximum Gasteiger partial charge on any atom is 0.327 e. The summed E-state index contributed by atoms with van der Waals surface area (Å²) in [6.45, 7) is 5.91. The SMILES string of the molecule is CCc1ccc(-c2noc(C3=C(C)N(c4cccc(F)c4)C(=O)NC3c3ccc(C)cc3)n2)cc1. The summed E-state index contributed by atoms with van der Waals surface area (Å²) in [5.74, 6) is 0.324. The smallest absolute Gasteiger partial charge is 0.327 e. The molecule has 2 heterocycles. The molecule has 0 saturated heterocycles. The lowest BCUT2D eigenvalue weighted by Crippen LogP contribution is -2.46. The Kier molecular flexibility index (Phi) is 5.91. The molecule has 1 N–H and O–H groups in total. The summed E-state index contributed by atoms with van der Waals surface area (Å²) in [4.78, 5) is 19.3. The summed E-state index contributed by atoms with van der Waals surface area (Å²) in [7, 11) is 0. The topological polar surface area (TPSA) is 71.3 Å². The molecule has 0 spiro atoms. The minimum Gasteiger partial charge on any atom is -0.334 e. The first-order valence-corrected chi connectivity index (χ1v) is 11.5. The molecule has 0 aliphatic carbocycles. The van der Waals surface area contributed by atoms with Crippen molar-refractivity contribution in [2.45, 2.75) is 33.2 Å². The van der Waals surface area contributed by atoms with E-state index in [1.165, 1.54) is 22.6 Å². The van der Waals surface area contributed by atoms with Crippen LogP contribution in [0.15, 0.2) is 83.0 Å². The molecular weight excluding hydrogens is 443 g/mol. The quantitative estimate of drug-likeness (QED) is 0.365. The molecule has 0 bridgehead atoms. The molecule has 35 heavy (non-hydrogen) atoms. The van der Waals surface area contributed by atoms with E-state index in [1.807, 2.05) is 55.5 Å². The zero-order chi connectivity index (χ0) is 24.5. The Bertz CT molecular complexity index is 1410. The molecule has 3 aromatic carbocycles. The molecule has 6 nitrogen and oxygen atoms in total. The molecule has 1 aromatic heterocycles. The zero-order valence-electron chi connectivity index (χ0n) is 19.7. The number of benzene rings is 3. The number of hydrogen-bond donors (Lipinski definition) is 1. The summed E-state index contributed by atoms with van der Waals surface area (Å²) >= 11 is 0. The maximum absolute atomic E-state index is 14.0. The Morgan fingerprint density at radius 1 is 1.03 bits per heavy atom. The summed E-state index contributed by atoms with van der Waals surface area (Å²) in [6, 6.07) is 21.0. The number of carbonyl (C=O) groups excluding carboxylic acids is 1. The second-order valence-corrected chi connectivity index (χ2v) is 8.58. The van der Waals surface area contributed by atoms with Crippen molar-refractivity contribution in [3.63, 3.8) is 0 Å². The van der Waals surface area contributed by atoms with E-state index in [1.54, 1.807) is 19.1 Å². The number of halogens is 1. The van der Waals surface area contributed by atoms with Crippen molar-refractivity contribution < 1.29 is 13.7 Å². The highest BCUT2D eigenvalue weighted by Crippen LogP contribution is 2.39. The average molecular weight is 469 g/mol. The number of nitrogens with zero attached hydrogens (tertiary/aromatic N) is 3. The number of nitrogens with one attached hydrogen (secondary N) is 1. The van der Waals surface area contributed by atoms with Crippen molar-refractivity contribution in [3.8, 4) is 11.4 Å². The molecule has 7 heteroatoms. The third-order valence-corrected chi connectivity index (χ3v) is 6.24. The van der Waals surface area contributed by atoms with Gasteiger partial charge in [-0.25, -0.2) is 9.18 Å². The third kappa shape index (κ3) is 4.33. The van der Waals surface area contributed by atoms with Gasteiger partial charge in [0.2, 0.25) is 5.82 Å². The van der Waals surface area contributed by atoms with Crippen LogP contribution in [-0.4, -0.2) is 16.2 Å². The molecule has 176 valence electrons. The highest BCUT2D eigenvalue weighted by Gasteiger charge is 2.36. The van der Waals surface area contributed by atoms with E-state index in [4.69, 9.17) is 4.52 Å². The van der Waals surface area contributed by atoms with Gasteiger partial charge >= 0.3 is 6.03 Å². The van der Waals surface area contributed by atoms with E-state index in [9.17, 15) is 9.18 Å². The van der Waals surface area contributed by atoms with Gasteiger partial charge in [-0.1, -0.05) is 72.2 Å². The van der Waals surface area contributed by atoms with E-state index < -0.39 is 11.9 Å². The van der Waals surface area contributed by atoms with Crippen molar-refractivity contribution in [2.24, 2.45) is 0 Å². The monoisotopic (exact) mass is 468 g/mol. The van der Waals surface area contributed by atoms with Gasteiger partial charge in [-0.15, -0.1) is 0 Å². The van der Waals surface area contributed by atoms with E-state index in [2.05, 4.69) is 22.4 Å². The van der Waals surface area contributed by atoms with Crippen LogP contribution in [0.1, 0.15) is 42.5 Å². The van der Waals surface area contributed by atoms with E-state index in [0.717, 1.165) is 23.1 Å². The van der Waals surface area contributed by atoms with Crippen LogP contribution in [-0.2, 0) is 6.42 Å². The number of allylic oxidation sites excluding steroid dienone is 1. The van der Waals surface area contributed by atoms with Gasteiger partial charge in [0, 0.05) is 11.3 Å². The second kappa shape index (κ2) is 9.18.